The first-order chi connectivity index (χ1) is 12.3. The lowest BCUT2D eigenvalue weighted by Crippen LogP contribution is -2.29. The summed E-state index contributed by atoms with van der Waals surface area (Å²) >= 11 is 0. The Morgan fingerprint density at radius 2 is 1.76 bits per heavy atom. The van der Waals surface area contributed by atoms with Gasteiger partial charge in [-0.3, -0.25) is 4.79 Å². The van der Waals surface area contributed by atoms with Crippen LogP contribution in [0.1, 0.15) is 36.0 Å². The third-order valence-corrected chi connectivity index (χ3v) is 4.20. The predicted molar refractivity (Wildman–Crippen MR) is 97.8 cm³/mol. The lowest BCUT2D eigenvalue weighted by molar-refractivity contribution is 0.0955. The molecule has 2 N–H and O–H groups in total. The minimum atomic E-state index is -0.120. The number of carbonyl (C=O) groups is 1. The molecule has 7 nitrogen and oxygen atoms in total. The van der Waals surface area contributed by atoms with E-state index in [1.165, 1.54) is 25.7 Å². The van der Waals surface area contributed by atoms with Crippen molar-refractivity contribution in [3.8, 4) is 0 Å². The molecule has 25 heavy (non-hydrogen) atoms. The average Bonchev–Trinajstić information content (AvgIpc) is 2.95. The molecule has 1 saturated heterocycles. The Kier molecular flexibility index (Phi) is 6.14. The van der Waals surface area contributed by atoms with Gasteiger partial charge in [-0.25, -0.2) is 15.0 Å². The minimum Gasteiger partial charge on any atom is -0.357 e. The maximum absolute atomic E-state index is 12.2. The quantitative estimate of drug-likeness (QED) is 0.784. The fourth-order valence-corrected chi connectivity index (χ4v) is 2.85. The van der Waals surface area contributed by atoms with Crippen LogP contribution in [-0.4, -0.2) is 47.0 Å². The van der Waals surface area contributed by atoms with Gasteiger partial charge in [0.2, 0.25) is 5.95 Å². The van der Waals surface area contributed by atoms with E-state index < -0.39 is 0 Å². The Morgan fingerprint density at radius 3 is 2.44 bits per heavy atom. The van der Waals surface area contributed by atoms with Crippen LogP contribution in [-0.2, 0) is 0 Å². The van der Waals surface area contributed by atoms with E-state index in [4.69, 9.17) is 0 Å². The third-order valence-electron chi connectivity index (χ3n) is 4.20. The molecular formula is C18H24N6O. The van der Waals surface area contributed by atoms with E-state index >= 15 is 0 Å². The molecule has 3 heterocycles. The summed E-state index contributed by atoms with van der Waals surface area (Å²) in [6.07, 6.45) is 10.0. The summed E-state index contributed by atoms with van der Waals surface area (Å²) in [6.45, 7) is 3.15. The van der Waals surface area contributed by atoms with Gasteiger partial charge in [0.15, 0.2) is 0 Å². The second kappa shape index (κ2) is 8.96. The fourth-order valence-electron chi connectivity index (χ4n) is 2.85. The van der Waals surface area contributed by atoms with Gasteiger partial charge in [-0.2, -0.15) is 0 Å². The highest BCUT2D eigenvalue weighted by molar-refractivity contribution is 5.94. The molecule has 1 aliphatic heterocycles. The lowest BCUT2D eigenvalue weighted by atomic mass is 10.2. The Balaban J connectivity index is 1.45. The van der Waals surface area contributed by atoms with Crippen molar-refractivity contribution in [2.45, 2.75) is 25.7 Å². The molecule has 0 spiro atoms. The zero-order valence-corrected chi connectivity index (χ0v) is 14.3. The number of aromatic nitrogens is 3. The van der Waals surface area contributed by atoms with Gasteiger partial charge in [-0.1, -0.05) is 12.8 Å². The molecule has 0 saturated carbocycles. The Hall–Kier alpha value is -2.70. The van der Waals surface area contributed by atoms with Gasteiger partial charge in [-0.05, 0) is 31.0 Å². The molecule has 0 unspecified atom stereocenters. The SMILES string of the molecule is O=C(NCCNc1ncccn1)c1ccc(N2CCCCCC2)nc1. The van der Waals surface area contributed by atoms with E-state index in [2.05, 4.69) is 30.5 Å². The zero-order valence-electron chi connectivity index (χ0n) is 14.3. The minimum absolute atomic E-state index is 0.120. The largest absolute Gasteiger partial charge is 0.357 e. The van der Waals surface area contributed by atoms with E-state index in [-0.39, 0.29) is 5.91 Å². The van der Waals surface area contributed by atoms with E-state index in [1.807, 2.05) is 12.1 Å². The van der Waals surface area contributed by atoms with Crippen LogP contribution in [0.2, 0.25) is 0 Å². The molecule has 1 amide bonds. The molecule has 2 aromatic rings. The highest BCUT2D eigenvalue weighted by Gasteiger charge is 2.12. The molecule has 1 aliphatic rings. The maximum Gasteiger partial charge on any atom is 0.252 e. The smallest absolute Gasteiger partial charge is 0.252 e. The number of amides is 1. The molecule has 0 radical (unpaired) electrons. The molecular weight excluding hydrogens is 316 g/mol. The molecule has 0 aromatic carbocycles. The van der Waals surface area contributed by atoms with Crippen LogP contribution >= 0.6 is 0 Å². The van der Waals surface area contributed by atoms with Gasteiger partial charge >= 0.3 is 0 Å². The third kappa shape index (κ3) is 5.14. The van der Waals surface area contributed by atoms with Crippen LogP contribution in [0.3, 0.4) is 0 Å². The first-order valence-electron chi connectivity index (χ1n) is 8.83. The van der Waals surface area contributed by atoms with Gasteiger partial charge in [-0.15, -0.1) is 0 Å². The number of rotatable bonds is 6. The first kappa shape index (κ1) is 17.1. The number of hydrogen-bond acceptors (Lipinski definition) is 6. The van der Waals surface area contributed by atoms with Crippen LogP contribution in [0.25, 0.3) is 0 Å². The number of carbonyl (C=O) groups excluding carboxylic acids is 1. The standard InChI is InChI=1S/C18H24N6O/c25-17(19-10-11-22-18-20-8-5-9-21-18)15-6-7-16(23-14-15)24-12-3-1-2-4-13-24/h5-9,14H,1-4,10-13H2,(H,19,25)(H,20,21,22). The topological polar surface area (TPSA) is 83.0 Å². The van der Waals surface area contributed by atoms with Crippen molar-refractivity contribution in [1.29, 1.82) is 0 Å². The number of anilines is 2. The average molecular weight is 340 g/mol. The van der Waals surface area contributed by atoms with Gasteiger partial charge in [0.25, 0.3) is 5.91 Å². The van der Waals surface area contributed by atoms with Crippen LogP contribution in [0.5, 0.6) is 0 Å². The number of hydrogen-bond donors (Lipinski definition) is 2. The second-order valence-corrected chi connectivity index (χ2v) is 6.06. The number of nitrogens with one attached hydrogen (secondary N) is 2. The fraction of sp³-hybridized carbons (Fsp3) is 0.444. The molecule has 0 aliphatic carbocycles. The van der Waals surface area contributed by atoms with Crippen molar-refractivity contribution in [1.82, 2.24) is 20.3 Å². The van der Waals surface area contributed by atoms with E-state index in [0.29, 0.717) is 24.6 Å². The molecule has 2 aromatic heterocycles. The van der Waals surface area contributed by atoms with Gasteiger partial charge in [0.1, 0.15) is 5.82 Å². The lowest BCUT2D eigenvalue weighted by Gasteiger charge is -2.21. The maximum atomic E-state index is 12.2. The van der Waals surface area contributed by atoms with Gasteiger partial charge in [0, 0.05) is 44.8 Å². The summed E-state index contributed by atoms with van der Waals surface area (Å²) in [6, 6.07) is 5.54. The van der Waals surface area contributed by atoms with Crippen LogP contribution in [0, 0.1) is 0 Å². The molecule has 0 bridgehead atoms. The van der Waals surface area contributed by atoms with Gasteiger partial charge in [0.05, 0.1) is 5.56 Å². The molecule has 7 heteroatoms. The highest BCUT2D eigenvalue weighted by atomic mass is 16.1. The summed E-state index contributed by atoms with van der Waals surface area (Å²) in [7, 11) is 0. The Morgan fingerprint density at radius 1 is 1.00 bits per heavy atom. The van der Waals surface area contributed by atoms with Crippen LogP contribution < -0.4 is 15.5 Å². The second-order valence-electron chi connectivity index (χ2n) is 6.06. The summed E-state index contributed by atoms with van der Waals surface area (Å²) in [5, 5.41) is 5.92. The normalized spacial score (nSPS) is 14.6. The first-order valence-corrected chi connectivity index (χ1v) is 8.83. The van der Waals surface area contributed by atoms with Crippen molar-refractivity contribution in [2.24, 2.45) is 0 Å². The Labute approximate surface area is 147 Å². The summed E-state index contributed by atoms with van der Waals surface area (Å²) in [4.78, 5) is 27.1. The van der Waals surface area contributed by atoms with Crippen molar-refractivity contribution >= 4 is 17.7 Å². The van der Waals surface area contributed by atoms with Crippen molar-refractivity contribution < 1.29 is 4.79 Å². The number of pyridine rings is 1. The monoisotopic (exact) mass is 340 g/mol. The van der Waals surface area contributed by atoms with Crippen LogP contribution in [0.15, 0.2) is 36.8 Å². The Bertz CT molecular complexity index is 653. The van der Waals surface area contributed by atoms with Crippen molar-refractivity contribution in [2.75, 3.05) is 36.4 Å². The van der Waals surface area contributed by atoms with Crippen LogP contribution in [0.4, 0.5) is 11.8 Å². The van der Waals surface area contributed by atoms with E-state index in [1.54, 1.807) is 24.7 Å². The van der Waals surface area contributed by atoms with Gasteiger partial charge < -0.3 is 15.5 Å². The zero-order chi connectivity index (χ0) is 17.3. The molecule has 1 fully saturated rings. The molecule has 3 rings (SSSR count). The highest BCUT2D eigenvalue weighted by Crippen LogP contribution is 2.17. The van der Waals surface area contributed by atoms with Crippen molar-refractivity contribution in [3.63, 3.8) is 0 Å². The molecule has 132 valence electrons. The van der Waals surface area contributed by atoms with Crippen molar-refractivity contribution in [3.05, 3.63) is 42.4 Å². The predicted octanol–water partition coefficient (Wildman–Crippen LogP) is 2.09. The molecule has 0 atom stereocenters. The van der Waals surface area contributed by atoms with E-state index in [0.717, 1.165) is 18.9 Å². The number of nitrogens with zero attached hydrogens (tertiary/aromatic N) is 4. The summed E-state index contributed by atoms with van der Waals surface area (Å²) in [5.41, 5.74) is 0.578. The van der Waals surface area contributed by atoms with E-state index in [9.17, 15) is 4.79 Å². The summed E-state index contributed by atoms with van der Waals surface area (Å²) in [5.74, 6) is 1.40. The summed E-state index contributed by atoms with van der Waals surface area (Å²) < 4.78 is 0.